The van der Waals surface area contributed by atoms with Crippen LogP contribution in [0.5, 0.6) is 0 Å². The zero-order valence-electron chi connectivity index (χ0n) is 11.6. The third kappa shape index (κ3) is 4.90. The molecular formula is C14H26N2O. The Bertz CT molecular complexity index is 274. The molecule has 0 saturated carbocycles. The van der Waals surface area contributed by atoms with Crippen molar-refractivity contribution in [2.75, 3.05) is 19.6 Å². The van der Waals surface area contributed by atoms with E-state index in [9.17, 15) is 4.79 Å². The zero-order valence-corrected chi connectivity index (χ0v) is 11.6. The van der Waals surface area contributed by atoms with Crippen LogP contribution in [0.1, 0.15) is 40.5 Å². The van der Waals surface area contributed by atoms with E-state index in [2.05, 4.69) is 19.2 Å². The van der Waals surface area contributed by atoms with Gasteiger partial charge in [0.05, 0.1) is 0 Å². The predicted molar refractivity (Wildman–Crippen MR) is 71.9 cm³/mol. The molecule has 0 bridgehead atoms. The highest BCUT2D eigenvalue weighted by Crippen LogP contribution is 2.15. The molecule has 98 valence electrons. The minimum atomic E-state index is 0.165. The van der Waals surface area contributed by atoms with Crippen molar-refractivity contribution in [3.05, 3.63) is 11.6 Å². The fourth-order valence-corrected chi connectivity index (χ4v) is 2.23. The van der Waals surface area contributed by atoms with Gasteiger partial charge in [0.15, 0.2) is 0 Å². The second kappa shape index (κ2) is 6.80. The Hall–Kier alpha value is -0.830. The van der Waals surface area contributed by atoms with Crippen LogP contribution in [-0.2, 0) is 4.79 Å². The Morgan fingerprint density at radius 3 is 2.41 bits per heavy atom. The van der Waals surface area contributed by atoms with Crippen molar-refractivity contribution < 1.29 is 4.79 Å². The molecule has 0 aromatic heterocycles. The lowest BCUT2D eigenvalue weighted by Gasteiger charge is -2.32. The van der Waals surface area contributed by atoms with Crippen LogP contribution in [0, 0.1) is 5.92 Å². The SMILES string of the molecule is CC(C)=CC(=O)N(CC1CCNCC1)C(C)C. The highest BCUT2D eigenvalue weighted by molar-refractivity contribution is 5.88. The van der Waals surface area contributed by atoms with E-state index in [0.29, 0.717) is 5.92 Å². The van der Waals surface area contributed by atoms with Crippen LogP contribution in [-0.4, -0.2) is 36.5 Å². The number of piperidine rings is 1. The van der Waals surface area contributed by atoms with Gasteiger partial charge in [-0.05, 0) is 59.5 Å². The maximum absolute atomic E-state index is 12.1. The first-order valence-corrected chi connectivity index (χ1v) is 6.67. The van der Waals surface area contributed by atoms with Crippen molar-refractivity contribution >= 4 is 5.91 Å². The van der Waals surface area contributed by atoms with Crippen LogP contribution in [0.25, 0.3) is 0 Å². The highest BCUT2D eigenvalue weighted by Gasteiger charge is 2.21. The summed E-state index contributed by atoms with van der Waals surface area (Å²) in [7, 11) is 0. The molecule has 0 radical (unpaired) electrons. The fourth-order valence-electron chi connectivity index (χ4n) is 2.23. The summed E-state index contributed by atoms with van der Waals surface area (Å²) in [6, 6.07) is 0.285. The number of hydrogen-bond acceptors (Lipinski definition) is 2. The summed E-state index contributed by atoms with van der Waals surface area (Å²) in [5, 5.41) is 3.36. The number of nitrogens with zero attached hydrogens (tertiary/aromatic N) is 1. The molecule has 1 N–H and O–H groups in total. The van der Waals surface area contributed by atoms with Gasteiger partial charge in [0, 0.05) is 18.7 Å². The largest absolute Gasteiger partial charge is 0.336 e. The molecule has 1 heterocycles. The van der Waals surface area contributed by atoms with Gasteiger partial charge in [0.2, 0.25) is 5.91 Å². The standard InChI is InChI=1S/C14H26N2O/c1-11(2)9-14(17)16(12(3)4)10-13-5-7-15-8-6-13/h9,12-13,15H,5-8,10H2,1-4H3. The van der Waals surface area contributed by atoms with Crippen LogP contribution in [0.4, 0.5) is 0 Å². The first-order chi connectivity index (χ1) is 8.00. The molecule has 1 saturated heterocycles. The van der Waals surface area contributed by atoms with Crippen molar-refractivity contribution in [2.45, 2.75) is 46.6 Å². The molecule has 17 heavy (non-hydrogen) atoms. The van der Waals surface area contributed by atoms with Gasteiger partial charge in [-0.3, -0.25) is 4.79 Å². The lowest BCUT2D eigenvalue weighted by Crippen LogP contribution is -2.42. The maximum atomic E-state index is 12.1. The van der Waals surface area contributed by atoms with Gasteiger partial charge in [0.1, 0.15) is 0 Å². The normalized spacial score (nSPS) is 17.0. The van der Waals surface area contributed by atoms with Gasteiger partial charge < -0.3 is 10.2 Å². The lowest BCUT2D eigenvalue weighted by molar-refractivity contribution is -0.128. The third-order valence-electron chi connectivity index (χ3n) is 3.23. The zero-order chi connectivity index (χ0) is 12.8. The van der Waals surface area contributed by atoms with Crippen LogP contribution >= 0.6 is 0 Å². The molecule has 1 fully saturated rings. The number of carbonyl (C=O) groups is 1. The van der Waals surface area contributed by atoms with Gasteiger partial charge in [0.25, 0.3) is 0 Å². The van der Waals surface area contributed by atoms with Crippen molar-refractivity contribution in [3.63, 3.8) is 0 Å². The quantitative estimate of drug-likeness (QED) is 0.761. The maximum Gasteiger partial charge on any atom is 0.246 e. The molecule has 0 unspecified atom stereocenters. The van der Waals surface area contributed by atoms with E-state index in [-0.39, 0.29) is 11.9 Å². The number of allylic oxidation sites excluding steroid dienone is 1. The number of hydrogen-bond donors (Lipinski definition) is 1. The first kappa shape index (κ1) is 14.2. The summed E-state index contributed by atoms with van der Waals surface area (Å²) in [5.74, 6) is 0.826. The third-order valence-corrected chi connectivity index (χ3v) is 3.23. The Kier molecular flexibility index (Phi) is 5.69. The molecule has 3 nitrogen and oxygen atoms in total. The van der Waals surface area contributed by atoms with E-state index in [1.54, 1.807) is 6.08 Å². The summed E-state index contributed by atoms with van der Waals surface area (Å²) in [5.41, 5.74) is 1.07. The van der Waals surface area contributed by atoms with E-state index in [4.69, 9.17) is 0 Å². The number of amides is 1. The van der Waals surface area contributed by atoms with Crippen molar-refractivity contribution in [1.29, 1.82) is 0 Å². The van der Waals surface area contributed by atoms with Gasteiger partial charge in [-0.15, -0.1) is 0 Å². The Balaban J connectivity index is 2.59. The molecule has 0 aliphatic carbocycles. The second-order valence-corrected chi connectivity index (χ2v) is 5.50. The molecule has 1 rings (SSSR count). The minimum absolute atomic E-state index is 0.165. The Labute approximate surface area is 105 Å². The topological polar surface area (TPSA) is 32.3 Å². The van der Waals surface area contributed by atoms with Crippen LogP contribution in [0.2, 0.25) is 0 Å². The molecule has 0 spiro atoms. The van der Waals surface area contributed by atoms with Gasteiger partial charge in [-0.1, -0.05) is 5.57 Å². The first-order valence-electron chi connectivity index (χ1n) is 6.67. The number of carbonyl (C=O) groups excluding carboxylic acids is 1. The molecule has 0 atom stereocenters. The van der Waals surface area contributed by atoms with E-state index in [1.165, 1.54) is 12.8 Å². The van der Waals surface area contributed by atoms with Crippen molar-refractivity contribution in [3.8, 4) is 0 Å². The Morgan fingerprint density at radius 2 is 1.94 bits per heavy atom. The number of nitrogens with one attached hydrogen (secondary N) is 1. The minimum Gasteiger partial charge on any atom is -0.336 e. The molecule has 1 aliphatic rings. The molecule has 0 aromatic carbocycles. The highest BCUT2D eigenvalue weighted by atomic mass is 16.2. The fraction of sp³-hybridized carbons (Fsp3) is 0.786. The molecule has 0 aromatic rings. The summed E-state index contributed by atoms with van der Waals surface area (Å²) < 4.78 is 0. The van der Waals surface area contributed by atoms with E-state index < -0.39 is 0 Å². The van der Waals surface area contributed by atoms with Gasteiger partial charge in [-0.25, -0.2) is 0 Å². The average molecular weight is 238 g/mol. The van der Waals surface area contributed by atoms with E-state index >= 15 is 0 Å². The second-order valence-electron chi connectivity index (χ2n) is 5.50. The Morgan fingerprint density at radius 1 is 1.35 bits per heavy atom. The lowest BCUT2D eigenvalue weighted by atomic mass is 9.97. The van der Waals surface area contributed by atoms with Crippen LogP contribution < -0.4 is 5.32 Å². The average Bonchev–Trinajstić information content (AvgIpc) is 2.25. The van der Waals surface area contributed by atoms with Gasteiger partial charge in [-0.2, -0.15) is 0 Å². The number of rotatable bonds is 4. The molecule has 1 amide bonds. The van der Waals surface area contributed by atoms with Crippen LogP contribution in [0.15, 0.2) is 11.6 Å². The van der Waals surface area contributed by atoms with Crippen molar-refractivity contribution in [1.82, 2.24) is 10.2 Å². The predicted octanol–water partition coefficient (Wildman–Crippen LogP) is 2.19. The summed E-state index contributed by atoms with van der Waals surface area (Å²) in [6.45, 7) is 11.2. The van der Waals surface area contributed by atoms with E-state index in [1.807, 2.05) is 18.7 Å². The smallest absolute Gasteiger partial charge is 0.246 e. The summed E-state index contributed by atoms with van der Waals surface area (Å²) in [4.78, 5) is 14.1. The molecule has 3 heteroatoms. The monoisotopic (exact) mass is 238 g/mol. The van der Waals surface area contributed by atoms with Crippen LogP contribution in [0.3, 0.4) is 0 Å². The van der Waals surface area contributed by atoms with Gasteiger partial charge >= 0.3 is 0 Å². The van der Waals surface area contributed by atoms with E-state index in [0.717, 1.165) is 25.2 Å². The summed E-state index contributed by atoms with van der Waals surface area (Å²) >= 11 is 0. The summed E-state index contributed by atoms with van der Waals surface area (Å²) in [6.07, 6.45) is 4.12. The molecule has 1 aliphatic heterocycles. The van der Waals surface area contributed by atoms with Crippen molar-refractivity contribution in [2.24, 2.45) is 5.92 Å². The molecular weight excluding hydrogens is 212 g/mol.